The number of hydrogen-bond donors (Lipinski definition) is 2. The van der Waals surface area contributed by atoms with Crippen molar-refractivity contribution in [3.05, 3.63) is 0 Å². The molecule has 7 heteroatoms. The molecule has 2 N–H and O–H groups in total. The SMILES string of the molecule is CC(=O)O[C@@H](C1CCC2C(CC3C4CCC5C(C)(C)[C@@H](OC(=O)C6CNC6)CCC56CC46CC[C@]23C)O1)C(C)(C)O. The summed E-state index contributed by atoms with van der Waals surface area (Å²) in [6.45, 7) is 13.8. The van der Waals surface area contributed by atoms with Crippen molar-refractivity contribution < 1.29 is 28.9 Å². The maximum absolute atomic E-state index is 12.8. The van der Waals surface area contributed by atoms with Crippen molar-refractivity contribution in [2.75, 3.05) is 13.1 Å². The van der Waals surface area contributed by atoms with E-state index in [0.29, 0.717) is 34.0 Å². The Hall–Kier alpha value is -1.18. The summed E-state index contributed by atoms with van der Waals surface area (Å²) in [5.41, 5.74) is 0.0384. The van der Waals surface area contributed by atoms with E-state index in [0.717, 1.165) is 44.7 Å². The Balaban J connectivity index is 1.09. The van der Waals surface area contributed by atoms with E-state index in [1.165, 1.54) is 45.4 Å². The quantitative estimate of drug-likeness (QED) is 0.447. The van der Waals surface area contributed by atoms with Gasteiger partial charge in [-0.1, -0.05) is 20.8 Å². The molecule has 7 aliphatic rings. The lowest BCUT2D eigenvalue weighted by atomic mass is 9.46. The number of esters is 2. The van der Waals surface area contributed by atoms with Gasteiger partial charge in [-0.15, -0.1) is 0 Å². The van der Waals surface area contributed by atoms with Gasteiger partial charge in [0.15, 0.2) is 6.10 Å². The van der Waals surface area contributed by atoms with Crippen LogP contribution in [0, 0.1) is 51.2 Å². The molecular weight excluding hydrogens is 518 g/mol. The molecule has 0 aromatic carbocycles. The Morgan fingerprint density at radius 1 is 0.951 bits per heavy atom. The van der Waals surface area contributed by atoms with Gasteiger partial charge in [-0.2, -0.15) is 0 Å². The number of carbonyl (C=O) groups excluding carboxylic acids is 2. The smallest absolute Gasteiger partial charge is 0.311 e. The van der Waals surface area contributed by atoms with E-state index in [2.05, 4.69) is 26.1 Å². The highest BCUT2D eigenvalue weighted by molar-refractivity contribution is 5.74. The van der Waals surface area contributed by atoms with Gasteiger partial charge in [0, 0.05) is 25.4 Å². The van der Waals surface area contributed by atoms with Crippen molar-refractivity contribution in [1.29, 1.82) is 0 Å². The van der Waals surface area contributed by atoms with Crippen LogP contribution in [0.25, 0.3) is 0 Å². The molecule has 2 spiro atoms. The van der Waals surface area contributed by atoms with Gasteiger partial charge in [0.05, 0.1) is 23.7 Å². The van der Waals surface area contributed by atoms with E-state index in [4.69, 9.17) is 14.2 Å². The van der Waals surface area contributed by atoms with E-state index in [-0.39, 0.29) is 41.6 Å². The standard InChI is InChI=1S/C34H53NO6/c1-19(36)39-28(31(4,5)38)24-9-7-22-25(40-24)15-23-21-8-10-26-30(2,3)27(41-29(37)20-16-35-17-20)11-12-34(26)18-33(21,34)14-13-32(22,23)6/h20-28,35,38H,7-18H2,1-6H3/t21?,22?,23?,24?,25?,26?,27-,28-,32+,33?,34?/m0/s1. The third-order valence-electron chi connectivity index (χ3n) is 14.3. The third-order valence-corrected chi connectivity index (χ3v) is 14.3. The Bertz CT molecular complexity index is 1100. The molecule has 230 valence electrons. The summed E-state index contributed by atoms with van der Waals surface area (Å²) < 4.78 is 18.7. The number of hydrogen-bond acceptors (Lipinski definition) is 7. The number of carbonyl (C=O) groups is 2. The maximum atomic E-state index is 12.8. The topological polar surface area (TPSA) is 94.1 Å². The van der Waals surface area contributed by atoms with Gasteiger partial charge in [-0.3, -0.25) is 9.59 Å². The second-order valence-electron chi connectivity index (χ2n) is 16.8. The normalized spacial score (nSPS) is 48.7. The van der Waals surface area contributed by atoms with Crippen molar-refractivity contribution in [1.82, 2.24) is 5.32 Å². The van der Waals surface area contributed by atoms with E-state index in [1.54, 1.807) is 13.8 Å². The van der Waals surface area contributed by atoms with E-state index < -0.39 is 11.7 Å². The van der Waals surface area contributed by atoms with E-state index in [9.17, 15) is 14.7 Å². The lowest BCUT2D eigenvalue weighted by Gasteiger charge is -2.59. The van der Waals surface area contributed by atoms with Crippen LogP contribution in [0.3, 0.4) is 0 Å². The number of rotatable bonds is 5. The number of ether oxygens (including phenoxy) is 3. The average molecular weight is 572 g/mol. The van der Waals surface area contributed by atoms with Gasteiger partial charge in [-0.05, 0) is 118 Å². The predicted molar refractivity (Wildman–Crippen MR) is 154 cm³/mol. The molecule has 0 bridgehead atoms. The first-order valence-corrected chi connectivity index (χ1v) is 16.7. The predicted octanol–water partition coefficient (Wildman–Crippen LogP) is 5.03. The highest BCUT2D eigenvalue weighted by Crippen LogP contribution is 2.87. The first-order valence-electron chi connectivity index (χ1n) is 16.7. The fourth-order valence-electron chi connectivity index (χ4n) is 12.2. The molecule has 2 heterocycles. The summed E-state index contributed by atoms with van der Waals surface area (Å²) in [5.74, 6) is 2.28. The minimum absolute atomic E-state index is 0.0118. The Kier molecular flexibility index (Phi) is 6.39. The highest BCUT2D eigenvalue weighted by atomic mass is 16.6. The molecule has 7 nitrogen and oxygen atoms in total. The molecule has 8 unspecified atom stereocenters. The van der Waals surface area contributed by atoms with Crippen molar-refractivity contribution in [3.63, 3.8) is 0 Å². The van der Waals surface area contributed by atoms with Crippen molar-refractivity contribution in [3.8, 4) is 0 Å². The zero-order chi connectivity index (χ0) is 29.2. The molecule has 5 saturated carbocycles. The molecule has 41 heavy (non-hydrogen) atoms. The van der Waals surface area contributed by atoms with Crippen molar-refractivity contribution >= 4 is 11.9 Å². The monoisotopic (exact) mass is 571 g/mol. The molecule has 7 fully saturated rings. The average Bonchev–Trinajstić information content (AvgIpc) is 3.42. The maximum Gasteiger partial charge on any atom is 0.311 e. The summed E-state index contributed by atoms with van der Waals surface area (Å²) in [5, 5.41) is 14.1. The van der Waals surface area contributed by atoms with Crippen LogP contribution in [0.1, 0.15) is 106 Å². The Morgan fingerprint density at radius 2 is 1.68 bits per heavy atom. The summed E-state index contributed by atoms with van der Waals surface area (Å²) >= 11 is 0. The lowest BCUT2D eigenvalue weighted by molar-refractivity contribution is -0.200. The van der Waals surface area contributed by atoms with Gasteiger partial charge in [0.2, 0.25) is 0 Å². The number of fused-ring (bicyclic) bond motifs is 4. The molecule has 2 aliphatic heterocycles. The number of aliphatic hydroxyl groups is 1. The van der Waals surface area contributed by atoms with Gasteiger partial charge < -0.3 is 24.6 Å². The fraction of sp³-hybridized carbons (Fsp3) is 0.941. The van der Waals surface area contributed by atoms with Crippen molar-refractivity contribution in [2.45, 2.75) is 136 Å². The van der Waals surface area contributed by atoms with Gasteiger partial charge in [0.25, 0.3) is 0 Å². The molecule has 2 saturated heterocycles. The fourth-order valence-corrected chi connectivity index (χ4v) is 12.2. The Morgan fingerprint density at radius 3 is 2.34 bits per heavy atom. The lowest BCUT2D eigenvalue weighted by Crippen LogP contribution is -2.56. The van der Waals surface area contributed by atoms with Crippen LogP contribution >= 0.6 is 0 Å². The van der Waals surface area contributed by atoms with Crippen LogP contribution in [-0.4, -0.2) is 60.2 Å². The highest BCUT2D eigenvalue weighted by Gasteiger charge is 2.81. The zero-order valence-corrected chi connectivity index (χ0v) is 26.2. The van der Waals surface area contributed by atoms with Crippen LogP contribution in [0.15, 0.2) is 0 Å². The first kappa shape index (κ1) is 28.6. The summed E-state index contributed by atoms with van der Waals surface area (Å²) in [6, 6.07) is 0. The van der Waals surface area contributed by atoms with Crippen LogP contribution < -0.4 is 5.32 Å². The van der Waals surface area contributed by atoms with Crippen LogP contribution in [-0.2, 0) is 23.8 Å². The Labute approximate surface area is 246 Å². The summed E-state index contributed by atoms with van der Waals surface area (Å²) in [7, 11) is 0. The van der Waals surface area contributed by atoms with E-state index >= 15 is 0 Å². The van der Waals surface area contributed by atoms with Crippen LogP contribution in [0.5, 0.6) is 0 Å². The molecule has 11 atom stereocenters. The van der Waals surface area contributed by atoms with Gasteiger partial charge in [0.1, 0.15) is 6.10 Å². The minimum Gasteiger partial charge on any atom is -0.462 e. The zero-order valence-electron chi connectivity index (χ0n) is 26.2. The molecular formula is C34H53NO6. The molecule has 7 rings (SSSR count). The molecule has 0 aromatic rings. The number of nitrogens with one attached hydrogen (secondary N) is 1. The molecule has 0 aromatic heterocycles. The summed E-state index contributed by atoms with van der Waals surface area (Å²) in [6.07, 6.45) is 11.1. The minimum atomic E-state index is -1.14. The molecule has 0 radical (unpaired) electrons. The second kappa shape index (κ2) is 9.17. The van der Waals surface area contributed by atoms with Crippen LogP contribution in [0.2, 0.25) is 0 Å². The molecule has 5 aliphatic carbocycles. The first-order chi connectivity index (χ1) is 19.2. The van der Waals surface area contributed by atoms with Crippen LogP contribution in [0.4, 0.5) is 0 Å². The summed E-state index contributed by atoms with van der Waals surface area (Å²) in [4.78, 5) is 24.7. The van der Waals surface area contributed by atoms with Crippen molar-refractivity contribution in [2.24, 2.45) is 51.2 Å². The van der Waals surface area contributed by atoms with E-state index in [1.807, 2.05) is 0 Å². The second-order valence-corrected chi connectivity index (χ2v) is 16.8. The van der Waals surface area contributed by atoms with Gasteiger partial charge in [-0.25, -0.2) is 0 Å². The van der Waals surface area contributed by atoms with Gasteiger partial charge >= 0.3 is 11.9 Å². The largest absolute Gasteiger partial charge is 0.462 e. The molecule has 0 amide bonds. The third kappa shape index (κ3) is 3.99.